The smallest absolute Gasteiger partial charge is 0.337 e. The number of hydrogen-bond acceptors (Lipinski definition) is 6. The molecular formula is C13H9N3O3S2. The number of nitrogens with zero attached hydrogens (tertiary/aromatic N) is 2. The Morgan fingerprint density at radius 1 is 1.38 bits per heavy atom. The maximum Gasteiger partial charge on any atom is 0.337 e. The highest BCUT2D eigenvalue weighted by atomic mass is 32.2. The van der Waals surface area contributed by atoms with Gasteiger partial charge in [0.25, 0.3) is 5.56 Å². The zero-order valence-corrected chi connectivity index (χ0v) is 12.2. The Morgan fingerprint density at radius 3 is 2.95 bits per heavy atom. The van der Waals surface area contributed by atoms with E-state index < -0.39 is 5.97 Å². The topological polar surface area (TPSA) is 95.9 Å². The van der Waals surface area contributed by atoms with Crippen LogP contribution in [0.4, 0.5) is 0 Å². The summed E-state index contributed by atoms with van der Waals surface area (Å²) in [5.41, 5.74) is 0.693. The number of thioether (sulfide) groups is 1. The molecule has 106 valence electrons. The second-order valence-corrected chi connectivity index (χ2v) is 6.04. The molecule has 0 aliphatic heterocycles. The van der Waals surface area contributed by atoms with Gasteiger partial charge in [-0.3, -0.25) is 4.79 Å². The number of aromatic nitrogens is 3. The molecule has 0 radical (unpaired) electrons. The number of thiophene rings is 1. The van der Waals surface area contributed by atoms with Gasteiger partial charge in [0.1, 0.15) is 10.5 Å². The van der Waals surface area contributed by atoms with Crippen LogP contribution in [0.5, 0.6) is 0 Å². The summed E-state index contributed by atoms with van der Waals surface area (Å²) in [6.07, 6.45) is 1.31. The van der Waals surface area contributed by atoms with Crippen LogP contribution in [-0.4, -0.2) is 26.0 Å². The van der Waals surface area contributed by atoms with Gasteiger partial charge in [0.2, 0.25) is 0 Å². The molecule has 0 fully saturated rings. The van der Waals surface area contributed by atoms with Gasteiger partial charge in [-0.1, -0.05) is 11.8 Å². The predicted octanol–water partition coefficient (Wildman–Crippen LogP) is 2.37. The van der Waals surface area contributed by atoms with Crippen molar-refractivity contribution in [3.05, 3.63) is 51.5 Å². The molecule has 0 bridgehead atoms. The molecule has 0 saturated carbocycles. The molecule has 0 spiro atoms. The summed E-state index contributed by atoms with van der Waals surface area (Å²) in [5.74, 6) is 0.0217. The van der Waals surface area contributed by atoms with E-state index in [1.165, 1.54) is 35.4 Å². The molecule has 0 unspecified atom stereocenters. The first-order valence-electron chi connectivity index (χ1n) is 5.92. The molecule has 2 N–H and O–H groups in total. The van der Waals surface area contributed by atoms with Crippen LogP contribution in [0.15, 0.2) is 39.6 Å². The number of hydrogen-bond donors (Lipinski definition) is 2. The van der Waals surface area contributed by atoms with E-state index in [9.17, 15) is 9.59 Å². The monoisotopic (exact) mass is 319 g/mol. The van der Waals surface area contributed by atoms with E-state index in [1.807, 2.05) is 11.4 Å². The Kier molecular flexibility index (Phi) is 3.72. The Bertz CT molecular complexity index is 855. The number of pyridine rings is 1. The largest absolute Gasteiger partial charge is 0.478 e. The van der Waals surface area contributed by atoms with Crippen LogP contribution in [0.25, 0.3) is 10.2 Å². The standard InChI is InChI=1S/C13H9N3O3S2/c17-12-11-8(3-4-20-11)15-9(16-12)6-21-10-2-1-7(5-14-10)13(18)19/h1-5H,6H2,(H,18,19)(H,15,16,17). The van der Waals surface area contributed by atoms with Crippen LogP contribution in [0.3, 0.4) is 0 Å². The van der Waals surface area contributed by atoms with Crippen molar-refractivity contribution in [2.45, 2.75) is 10.8 Å². The molecule has 6 nitrogen and oxygen atoms in total. The molecule has 0 aromatic carbocycles. The summed E-state index contributed by atoms with van der Waals surface area (Å²) in [6, 6.07) is 4.94. The van der Waals surface area contributed by atoms with Crippen LogP contribution in [-0.2, 0) is 5.75 Å². The number of nitrogens with one attached hydrogen (secondary N) is 1. The van der Waals surface area contributed by atoms with E-state index in [4.69, 9.17) is 5.11 Å². The molecule has 0 aliphatic rings. The van der Waals surface area contributed by atoms with Crippen LogP contribution in [0.2, 0.25) is 0 Å². The van der Waals surface area contributed by atoms with Gasteiger partial charge in [-0.2, -0.15) is 0 Å². The summed E-state index contributed by atoms with van der Waals surface area (Å²) in [4.78, 5) is 33.7. The van der Waals surface area contributed by atoms with Gasteiger partial charge in [-0.25, -0.2) is 14.8 Å². The van der Waals surface area contributed by atoms with Gasteiger partial charge in [0, 0.05) is 6.20 Å². The molecule has 0 atom stereocenters. The highest BCUT2D eigenvalue weighted by molar-refractivity contribution is 7.98. The molecule has 3 aromatic heterocycles. The van der Waals surface area contributed by atoms with Crippen LogP contribution >= 0.6 is 23.1 Å². The third-order valence-electron chi connectivity index (χ3n) is 2.70. The summed E-state index contributed by atoms with van der Waals surface area (Å²) < 4.78 is 0.618. The lowest BCUT2D eigenvalue weighted by atomic mass is 10.3. The molecule has 3 aromatic rings. The number of fused-ring (bicyclic) bond motifs is 1. The Labute approximate surface area is 126 Å². The van der Waals surface area contributed by atoms with Crippen molar-refractivity contribution >= 4 is 39.3 Å². The maximum absolute atomic E-state index is 11.8. The van der Waals surface area contributed by atoms with Crippen molar-refractivity contribution in [1.29, 1.82) is 0 Å². The Hall–Kier alpha value is -2.19. The van der Waals surface area contributed by atoms with Crippen molar-refractivity contribution in [2.75, 3.05) is 0 Å². The molecular weight excluding hydrogens is 310 g/mol. The molecule has 0 aliphatic carbocycles. The number of aromatic carboxylic acids is 1. The van der Waals surface area contributed by atoms with Crippen LogP contribution in [0.1, 0.15) is 16.2 Å². The number of rotatable bonds is 4. The summed E-state index contributed by atoms with van der Waals surface area (Å²) in [7, 11) is 0. The fourth-order valence-corrected chi connectivity index (χ4v) is 3.16. The van der Waals surface area contributed by atoms with E-state index in [0.717, 1.165) is 0 Å². The van der Waals surface area contributed by atoms with E-state index >= 15 is 0 Å². The first-order chi connectivity index (χ1) is 10.1. The lowest BCUT2D eigenvalue weighted by Gasteiger charge is -2.01. The second-order valence-electron chi connectivity index (χ2n) is 4.13. The molecule has 8 heteroatoms. The molecule has 3 rings (SSSR count). The third-order valence-corrected chi connectivity index (χ3v) is 4.56. The Morgan fingerprint density at radius 2 is 2.24 bits per heavy atom. The first-order valence-corrected chi connectivity index (χ1v) is 7.78. The van der Waals surface area contributed by atoms with E-state index in [-0.39, 0.29) is 11.1 Å². The number of carboxylic acids is 1. The van der Waals surface area contributed by atoms with Crippen molar-refractivity contribution in [3.63, 3.8) is 0 Å². The molecule has 21 heavy (non-hydrogen) atoms. The van der Waals surface area contributed by atoms with Gasteiger partial charge >= 0.3 is 5.97 Å². The lowest BCUT2D eigenvalue weighted by Crippen LogP contribution is -2.09. The SMILES string of the molecule is O=C(O)c1ccc(SCc2nc3ccsc3c(=O)[nH]2)nc1. The minimum absolute atomic E-state index is 0.139. The Balaban J connectivity index is 1.76. The van der Waals surface area contributed by atoms with Crippen LogP contribution in [0, 0.1) is 0 Å². The fraction of sp³-hybridized carbons (Fsp3) is 0.0769. The first kappa shape index (κ1) is 13.8. The molecule has 0 amide bonds. The zero-order chi connectivity index (χ0) is 14.8. The zero-order valence-electron chi connectivity index (χ0n) is 10.6. The number of carboxylic acid groups (broad SMARTS) is 1. The minimum atomic E-state index is -1.01. The summed E-state index contributed by atoms with van der Waals surface area (Å²) in [5, 5.41) is 11.3. The van der Waals surface area contributed by atoms with Gasteiger partial charge in [-0.15, -0.1) is 11.3 Å². The fourth-order valence-electron chi connectivity index (χ4n) is 1.72. The second kappa shape index (κ2) is 5.66. The number of H-pyrrole nitrogens is 1. The van der Waals surface area contributed by atoms with Crippen molar-refractivity contribution in [1.82, 2.24) is 15.0 Å². The average Bonchev–Trinajstić information content (AvgIpc) is 2.94. The van der Waals surface area contributed by atoms with Crippen molar-refractivity contribution in [3.8, 4) is 0 Å². The van der Waals surface area contributed by atoms with Gasteiger partial charge in [0.15, 0.2) is 0 Å². The number of carbonyl (C=O) groups is 1. The third kappa shape index (κ3) is 2.96. The van der Waals surface area contributed by atoms with Gasteiger partial charge in [0.05, 0.1) is 21.9 Å². The van der Waals surface area contributed by atoms with E-state index in [0.29, 0.717) is 26.8 Å². The minimum Gasteiger partial charge on any atom is -0.478 e. The van der Waals surface area contributed by atoms with Gasteiger partial charge < -0.3 is 10.1 Å². The summed E-state index contributed by atoms with van der Waals surface area (Å²) in [6.45, 7) is 0. The van der Waals surface area contributed by atoms with Crippen molar-refractivity contribution < 1.29 is 9.90 Å². The quantitative estimate of drug-likeness (QED) is 0.717. The lowest BCUT2D eigenvalue weighted by molar-refractivity contribution is 0.0696. The number of aromatic amines is 1. The molecule has 0 saturated heterocycles. The van der Waals surface area contributed by atoms with Crippen LogP contribution < -0.4 is 5.56 Å². The van der Waals surface area contributed by atoms with Gasteiger partial charge in [-0.05, 0) is 23.6 Å². The van der Waals surface area contributed by atoms with Crippen molar-refractivity contribution in [2.24, 2.45) is 0 Å². The average molecular weight is 319 g/mol. The van der Waals surface area contributed by atoms with E-state index in [1.54, 1.807) is 6.07 Å². The highest BCUT2D eigenvalue weighted by Gasteiger charge is 2.07. The highest BCUT2D eigenvalue weighted by Crippen LogP contribution is 2.20. The van der Waals surface area contributed by atoms with E-state index in [2.05, 4.69) is 15.0 Å². The summed E-state index contributed by atoms with van der Waals surface area (Å²) >= 11 is 2.74. The predicted molar refractivity (Wildman–Crippen MR) is 81.0 cm³/mol. The molecule has 3 heterocycles. The normalized spacial score (nSPS) is 10.9. The maximum atomic E-state index is 11.8.